The van der Waals surface area contributed by atoms with Crippen molar-refractivity contribution >= 4 is 45.1 Å². The van der Waals surface area contributed by atoms with Crippen molar-refractivity contribution in [3.63, 3.8) is 0 Å². The highest BCUT2D eigenvalue weighted by molar-refractivity contribution is 7.89. The van der Waals surface area contributed by atoms with Gasteiger partial charge in [0.05, 0.1) is 28.8 Å². The first-order valence-electron chi connectivity index (χ1n) is 19.8. The zero-order valence-electron chi connectivity index (χ0n) is 33.7. The molecule has 2 heterocycles. The van der Waals surface area contributed by atoms with Crippen LogP contribution in [0, 0.1) is 11.3 Å². The number of amides is 1. The molecule has 0 spiro atoms. The number of para-hydroxylation sites is 1. The summed E-state index contributed by atoms with van der Waals surface area (Å²) in [6, 6.07) is 36.0. The predicted molar refractivity (Wildman–Crippen MR) is 236 cm³/mol. The van der Waals surface area contributed by atoms with Crippen molar-refractivity contribution in [1.29, 1.82) is 5.26 Å². The van der Waals surface area contributed by atoms with Crippen molar-refractivity contribution in [2.75, 3.05) is 13.7 Å². The summed E-state index contributed by atoms with van der Waals surface area (Å²) in [6.45, 7) is 0.248. The number of rotatable bonds is 13. The van der Waals surface area contributed by atoms with Gasteiger partial charge in [0, 0.05) is 13.0 Å². The van der Waals surface area contributed by atoms with Crippen LogP contribution in [0.25, 0.3) is 11.1 Å². The highest BCUT2D eigenvalue weighted by atomic mass is 35.5. The van der Waals surface area contributed by atoms with Gasteiger partial charge in [0.2, 0.25) is 15.9 Å². The average molecular weight is 905 g/mol. The molecule has 8 rings (SSSR count). The number of fused-ring (bicyclic) bond motifs is 2. The Hall–Kier alpha value is -6.56. The number of carbonyl (C=O) groups is 2. The molecule has 320 valence electrons. The molecule has 12 nitrogen and oxygen atoms in total. The SMILES string of the molecule is COc1ccccc1S(=O)(=O)N1Cc2cc3c(cc2CC1C(=O)N[C@@H](Cc1ccc(-c2ccc(C#N)cc2)cc1)C(=O)O)OC[C@H](c1ccc(OCc2ccc(Cl)c(Cl)c2)cc1)O3. The molecule has 0 radical (unpaired) electrons. The Morgan fingerprint density at radius 3 is 2.24 bits per heavy atom. The van der Waals surface area contributed by atoms with E-state index in [1.165, 1.54) is 19.2 Å². The molecular weight excluding hydrogens is 866 g/mol. The minimum absolute atomic E-state index is 0.0639. The number of halogens is 2. The third-order valence-corrected chi connectivity index (χ3v) is 13.6. The van der Waals surface area contributed by atoms with Gasteiger partial charge in [-0.15, -0.1) is 0 Å². The van der Waals surface area contributed by atoms with Gasteiger partial charge in [-0.05, 0) is 106 Å². The van der Waals surface area contributed by atoms with Crippen LogP contribution in [-0.4, -0.2) is 55.5 Å². The number of sulfonamides is 1. The molecule has 6 aromatic rings. The maximum absolute atomic E-state index is 14.6. The van der Waals surface area contributed by atoms with E-state index in [2.05, 4.69) is 11.4 Å². The van der Waals surface area contributed by atoms with Crippen LogP contribution in [0.15, 0.2) is 132 Å². The summed E-state index contributed by atoms with van der Waals surface area (Å²) < 4.78 is 54.2. The summed E-state index contributed by atoms with van der Waals surface area (Å²) in [7, 11) is -3.05. The smallest absolute Gasteiger partial charge is 0.326 e. The van der Waals surface area contributed by atoms with E-state index >= 15 is 0 Å². The summed E-state index contributed by atoms with van der Waals surface area (Å²) in [5, 5.41) is 23.0. The lowest BCUT2D eigenvalue weighted by atomic mass is 9.93. The van der Waals surface area contributed by atoms with Gasteiger partial charge in [0.15, 0.2) is 17.6 Å². The minimum Gasteiger partial charge on any atom is -0.495 e. The largest absolute Gasteiger partial charge is 0.495 e. The topological polar surface area (TPSA) is 164 Å². The quantitative estimate of drug-likeness (QED) is 0.115. The minimum atomic E-state index is -4.41. The Kier molecular flexibility index (Phi) is 12.6. The number of carbonyl (C=O) groups excluding carboxylic acids is 1. The highest BCUT2D eigenvalue weighted by Crippen LogP contribution is 2.42. The normalized spacial score (nSPS) is 16.2. The van der Waals surface area contributed by atoms with Gasteiger partial charge in [-0.3, -0.25) is 4.79 Å². The van der Waals surface area contributed by atoms with E-state index in [4.69, 9.17) is 47.4 Å². The van der Waals surface area contributed by atoms with Crippen LogP contribution in [0.4, 0.5) is 0 Å². The molecule has 0 bridgehead atoms. The van der Waals surface area contributed by atoms with Crippen molar-refractivity contribution in [3.8, 4) is 40.2 Å². The van der Waals surface area contributed by atoms with Gasteiger partial charge in [-0.25, -0.2) is 13.2 Å². The van der Waals surface area contributed by atoms with Crippen LogP contribution in [0.5, 0.6) is 23.0 Å². The van der Waals surface area contributed by atoms with Gasteiger partial charge in [-0.2, -0.15) is 9.57 Å². The highest BCUT2D eigenvalue weighted by Gasteiger charge is 2.42. The zero-order chi connectivity index (χ0) is 44.3. The molecule has 3 atom stereocenters. The van der Waals surface area contributed by atoms with E-state index in [1.807, 2.05) is 54.6 Å². The Morgan fingerprint density at radius 1 is 0.873 bits per heavy atom. The second kappa shape index (κ2) is 18.4. The maximum Gasteiger partial charge on any atom is 0.326 e. The van der Waals surface area contributed by atoms with Crippen molar-refractivity contribution in [1.82, 2.24) is 9.62 Å². The molecule has 63 heavy (non-hydrogen) atoms. The first kappa shape index (κ1) is 43.1. The Morgan fingerprint density at radius 2 is 1.56 bits per heavy atom. The molecule has 0 saturated heterocycles. The summed E-state index contributed by atoms with van der Waals surface area (Å²) in [5.41, 5.74) is 5.84. The van der Waals surface area contributed by atoms with E-state index < -0.39 is 40.1 Å². The van der Waals surface area contributed by atoms with Gasteiger partial charge in [-0.1, -0.05) is 89.9 Å². The lowest BCUT2D eigenvalue weighted by molar-refractivity contribution is -0.142. The molecule has 1 unspecified atom stereocenters. The van der Waals surface area contributed by atoms with Crippen LogP contribution in [0.1, 0.15) is 39.5 Å². The molecule has 0 aliphatic carbocycles. The molecule has 15 heteroatoms. The number of ether oxygens (including phenoxy) is 4. The number of benzene rings is 6. The van der Waals surface area contributed by atoms with Crippen molar-refractivity contribution in [2.45, 2.75) is 49.1 Å². The molecule has 1 amide bonds. The maximum atomic E-state index is 14.6. The van der Waals surface area contributed by atoms with Crippen LogP contribution in [-0.2, 0) is 45.6 Å². The molecule has 6 aromatic carbocycles. The van der Waals surface area contributed by atoms with Crippen molar-refractivity contribution in [2.24, 2.45) is 0 Å². The van der Waals surface area contributed by atoms with E-state index in [0.29, 0.717) is 56.2 Å². The lowest BCUT2D eigenvalue weighted by Crippen LogP contribution is -2.55. The number of nitrogens with zero attached hydrogens (tertiary/aromatic N) is 2. The lowest BCUT2D eigenvalue weighted by Gasteiger charge is -2.37. The van der Waals surface area contributed by atoms with Crippen LogP contribution in [0.3, 0.4) is 0 Å². The summed E-state index contributed by atoms with van der Waals surface area (Å²) in [6.07, 6.45) is -0.633. The standard InChI is InChI=1S/C48H39Cl2N3O9S/c1-59-42-4-2-3-5-46(42)63(57,58)53-26-36-24-44-43(61-28-45(62-44)34-15-17-37(18-16-34)60-27-31-10-19-38(49)39(50)20-31)23-35(36)22-41(53)47(54)52-40(48(55)56)21-29-6-11-32(12-7-29)33-13-8-30(25-51)9-14-33/h2-20,23-24,40-41,45H,21-22,26-28H2,1H3,(H,52,54)(H,55,56)/t40-,41?,45+/m0/s1. The summed E-state index contributed by atoms with van der Waals surface area (Å²) in [4.78, 5) is 26.8. The summed E-state index contributed by atoms with van der Waals surface area (Å²) >= 11 is 12.2. The van der Waals surface area contributed by atoms with E-state index in [0.717, 1.165) is 26.6 Å². The average Bonchev–Trinajstić information content (AvgIpc) is 3.30. The third kappa shape index (κ3) is 9.45. The molecular formula is C48H39Cl2N3O9S. The Balaban J connectivity index is 1.02. The van der Waals surface area contributed by atoms with Gasteiger partial charge < -0.3 is 29.4 Å². The number of methoxy groups -OCH3 is 1. The fraction of sp³-hybridized carbons (Fsp3) is 0.188. The monoisotopic (exact) mass is 903 g/mol. The number of hydrogen-bond acceptors (Lipinski definition) is 9. The van der Waals surface area contributed by atoms with E-state index in [-0.39, 0.29) is 36.6 Å². The van der Waals surface area contributed by atoms with Gasteiger partial charge >= 0.3 is 5.97 Å². The van der Waals surface area contributed by atoms with Crippen molar-refractivity contribution < 1.29 is 42.1 Å². The first-order chi connectivity index (χ1) is 30.4. The Bertz CT molecular complexity index is 2830. The van der Waals surface area contributed by atoms with Crippen molar-refractivity contribution in [3.05, 3.63) is 171 Å². The number of nitrogens with one attached hydrogen (secondary N) is 1. The summed E-state index contributed by atoms with van der Waals surface area (Å²) in [5.74, 6) is -0.505. The van der Waals surface area contributed by atoms with Crippen LogP contribution in [0.2, 0.25) is 10.0 Å². The molecule has 0 fully saturated rings. The number of hydrogen-bond donors (Lipinski definition) is 2. The number of carboxylic acids is 1. The third-order valence-electron chi connectivity index (χ3n) is 11.0. The van der Waals surface area contributed by atoms with Gasteiger partial charge in [0.25, 0.3) is 0 Å². The number of aliphatic carboxylic acids is 1. The molecule has 2 aliphatic rings. The number of nitriles is 1. The number of carboxylic acid groups (broad SMARTS) is 1. The second-order valence-electron chi connectivity index (χ2n) is 15.0. The fourth-order valence-electron chi connectivity index (χ4n) is 7.57. The zero-order valence-corrected chi connectivity index (χ0v) is 36.0. The molecule has 2 N–H and O–H groups in total. The Labute approximate surface area is 374 Å². The molecule has 0 aromatic heterocycles. The molecule has 0 saturated carbocycles. The van der Waals surface area contributed by atoms with Gasteiger partial charge in [0.1, 0.15) is 41.7 Å². The van der Waals surface area contributed by atoms with E-state index in [1.54, 1.807) is 60.7 Å². The first-order valence-corrected chi connectivity index (χ1v) is 22.0. The van der Waals surface area contributed by atoms with E-state index in [9.17, 15) is 23.1 Å². The fourth-order valence-corrected chi connectivity index (χ4v) is 9.62. The van der Waals surface area contributed by atoms with Crippen LogP contribution >= 0.6 is 23.2 Å². The second-order valence-corrected chi connectivity index (χ2v) is 17.7. The van der Waals surface area contributed by atoms with Crippen LogP contribution < -0.4 is 24.3 Å². The molecule has 2 aliphatic heterocycles. The predicted octanol–water partition coefficient (Wildman–Crippen LogP) is 8.56.